The molecular weight excluding hydrogens is 362 g/mol. The maximum atomic E-state index is 12.2. The van der Waals surface area contributed by atoms with E-state index in [1.54, 1.807) is 6.07 Å². The van der Waals surface area contributed by atoms with Crippen LogP contribution in [0.5, 0.6) is 0 Å². The number of amides is 2. The lowest BCUT2D eigenvalue weighted by Crippen LogP contribution is -2.32. The summed E-state index contributed by atoms with van der Waals surface area (Å²) >= 11 is 0. The van der Waals surface area contributed by atoms with Gasteiger partial charge < -0.3 is 16.4 Å². The number of hydrogen-bond acceptors (Lipinski definition) is 3. The molecule has 4 N–H and O–H groups in total. The number of benzene rings is 2. The fraction of sp³-hybridized carbons (Fsp3) is 0.333. The van der Waals surface area contributed by atoms with Crippen LogP contribution >= 0.6 is 12.4 Å². The summed E-state index contributed by atoms with van der Waals surface area (Å²) in [7, 11) is 0. The quantitative estimate of drug-likeness (QED) is 0.604. The Bertz CT molecular complexity index is 765. The number of nitrogens with one attached hydrogen (secondary N) is 2. The molecule has 2 aromatic rings. The van der Waals surface area contributed by atoms with E-state index in [-0.39, 0.29) is 30.3 Å². The third-order valence-corrected chi connectivity index (χ3v) is 4.35. The van der Waals surface area contributed by atoms with Gasteiger partial charge in [0.15, 0.2) is 0 Å². The summed E-state index contributed by atoms with van der Waals surface area (Å²) in [5.41, 5.74) is 9.08. The Balaban J connectivity index is 0.00000364. The van der Waals surface area contributed by atoms with Crippen LogP contribution in [0.15, 0.2) is 48.5 Å². The van der Waals surface area contributed by atoms with E-state index in [0.29, 0.717) is 30.6 Å². The lowest BCUT2D eigenvalue weighted by molar-refractivity contribution is -0.121. The third kappa shape index (κ3) is 7.31. The van der Waals surface area contributed by atoms with Crippen molar-refractivity contribution in [1.29, 1.82) is 0 Å². The predicted molar refractivity (Wildman–Crippen MR) is 112 cm³/mol. The van der Waals surface area contributed by atoms with Crippen LogP contribution in [0.25, 0.3) is 0 Å². The van der Waals surface area contributed by atoms with Gasteiger partial charge in [0.2, 0.25) is 5.91 Å². The van der Waals surface area contributed by atoms with Gasteiger partial charge in [-0.15, -0.1) is 12.4 Å². The van der Waals surface area contributed by atoms with Crippen molar-refractivity contribution in [2.45, 2.75) is 45.7 Å². The second kappa shape index (κ2) is 11.2. The van der Waals surface area contributed by atoms with E-state index in [2.05, 4.69) is 10.6 Å². The zero-order valence-electron chi connectivity index (χ0n) is 15.8. The van der Waals surface area contributed by atoms with Crippen LogP contribution in [0.4, 0.5) is 5.69 Å². The lowest BCUT2D eigenvalue weighted by atomic mass is 10.1. The maximum Gasteiger partial charge on any atom is 0.251 e. The molecule has 2 amide bonds. The molecular formula is C21H28ClN3O2. The van der Waals surface area contributed by atoms with Crippen LogP contribution in [0.3, 0.4) is 0 Å². The van der Waals surface area contributed by atoms with Crippen LogP contribution in [0, 0.1) is 0 Å². The van der Waals surface area contributed by atoms with Gasteiger partial charge in [0.05, 0.1) is 0 Å². The van der Waals surface area contributed by atoms with Crippen molar-refractivity contribution in [1.82, 2.24) is 10.6 Å². The highest BCUT2D eigenvalue weighted by Gasteiger charge is 2.09. The van der Waals surface area contributed by atoms with Crippen molar-refractivity contribution in [2.75, 3.05) is 5.73 Å². The van der Waals surface area contributed by atoms with Gasteiger partial charge in [0.1, 0.15) is 0 Å². The molecule has 0 aromatic heterocycles. The predicted octanol–water partition coefficient (Wildman–Crippen LogP) is 3.47. The highest BCUT2D eigenvalue weighted by molar-refractivity contribution is 5.94. The highest BCUT2D eigenvalue weighted by atomic mass is 35.5. The molecule has 0 saturated heterocycles. The molecule has 0 radical (unpaired) electrons. The number of halogens is 1. The number of nitrogens with two attached hydrogens (primary N) is 1. The summed E-state index contributed by atoms with van der Waals surface area (Å²) in [5.74, 6) is -0.130. The van der Waals surface area contributed by atoms with Crippen LogP contribution < -0.4 is 16.4 Å². The molecule has 0 spiro atoms. The second-order valence-electron chi connectivity index (χ2n) is 6.46. The number of anilines is 1. The van der Waals surface area contributed by atoms with Gasteiger partial charge in [-0.25, -0.2) is 0 Å². The van der Waals surface area contributed by atoms with Gasteiger partial charge in [-0.05, 0) is 49.1 Å². The minimum Gasteiger partial charge on any atom is -0.399 e. The Hall–Kier alpha value is -2.53. The third-order valence-electron chi connectivity index (χ3n) is 4.35. The summed E-state index contributed by atoms with van der Waals surface area (Å²) in [4.78, 5) is 24.3. The molecule has 0 aliphatic heterocycles. The molecule has 0 aliphatic carbocycles. The first kappa shape index (κ1) is 22.5. The van der Waals surface area contributed by atoms with Crippen molar-refractivity contribution in [3.05, 3.63) is 65.2 Å². The Morgan fingerprint density at radius 1 is 1.11 bits per heavy atom. The van der Waals surface area contributed by atoms with Crippen molar-refractivity contribution in [3.8, 4) is 0 Å². The van der Waals surface area contributed by atoms with Crippen LogP contribution in [-0.2, 0) is 17.8 Å². The van der Waals surface area contributed by atoms with E-state index in [1.165, 1.54) is 0 Å². The number of aryl methyl sites for hydroxylation is 1. The van der Waals surface area contributed by atoms with Gasteiger partial charge in [-0.3, -0.25) is 9.59 Å². The first-order chi connectivity index (χ1) is 12.5. The molecule has 146 valence electrons. The molecule has 5 nitrogen and oxygen atoms in total. The number of para-hydroxylation sites is 1. The van der Waals surface area contributed by atoms with Crippen LogP contribution in [0.1, 0.15) is 48.2 Å². The molecule has 27 heavy (non-hydrogen) atoms. The first-order valence-corrected chi connectivity index (χ1v) is 8.99. The summed E-state index contributed by atoms with van der Waals surface area (Å²) in [5, 5.41) is 5.84. The van der Waals surface area contributed by atoms with E-state index in [0.717, 1.165) is 17.5 Å². The zero-order chi connectivity index (χ0) is 18.9. The molecule has 0 fully saturated rings. The number of carbonyl (C=O) groups excluding carboxylic acids is 2. The topological polar surface area (TPSA) is 84.2 Å². The Morgan fingerprint density at radius 2 is 1.85 bits per heavy atom. The monoisotopic (exact) mass is 389 g/mol. The minimum atomic E-state index is -0.0907. The fourth-order valence-electron chi connectivity index (χ4n) is 2.53. The van der Waals surface area contributed by atoms with E-state index in [1.807, 2.05) is 56.3 Å². The summed E-state index contributed by atoms with van der Waals surface area (Å²) < 4.78 is 0. The van der Waals surface area contributed by atoms with Gasteiger partial charge >= 0.3 is 0 Å². The van der Waals surface area contributed by atoms with Crippen molar-refractivity contribution >= 4 is 29.9 Å². The maximum absolute atomic E-state index is 12.2. The molecule has 1 atom stereocenters. The molecule has 0 bridgehead atoms. The van der Waals surface area contributed by atoms with E-state index >= 15 is 0 Å². The summed E-state index contributed by atoms with van der Waals surface area (Å²) in [6.45, 7) is 4.40. The SMILES string of the molecule is CCC(C)NC(=O)c1cccc(CNC(=O)CCc2ccccc2N)c1.Cl. The molecule has 0 saturated carbocycles. The second-order valence-corrected chi connectivity index (χ2v) is 6.46. The van der Waals surface area contributed by atoms with Crippen LogP contribution in [-0.4, -0.2) is 17.9 Å². The number of rotatable bonds is 8. The average molecular weight is 390 g/mol. The van der Waals surface area contributed by atoms with Crippen LogP contribution in [0.2, 0.25) is 0 Å². The molecule has 0 heterocycles. The molecule has 6 heteroatoms. The Kier molecular flexibility index (Phi) is 9.37. The lowest BCUT2D eigenvalue weighted by Gasteiger charge is -2.12. The normalized spacial score (nSPS) is 11.2. The number of hydrogen-bond donors (Lipinski definition) is 3. The summed E-state index contributed by atoms with van der Waals surface area (Å²) in [6, 6.07) is 15.0. The van der Waals surface area contributed by atoms with Crippen molar-refractivity contribution < 1.29 is 9.59 Å². The van der Waals surface area contributed by atoms with E-state index < -0.39 is 0 Å². The van der Waals surface area contributed by atoms with E-state index in [9.17, 15) is 9.59 Å². The van der Waals surface area contributed by atoms with Gasteiger partial charge in [0.25, 0.3) is 5.91 Å². The smallest absolute Gasteiger partial charge is 0.251 e. The molecule has 2 aromatic carbocycles. The number of carbonyl (C=O) groups is 2. The zero-order valence-corrected chi connectivity index (χ0v) is 16.6. The number of nitrogen functional groups attached to an aromatic ring is 1. The Labute approximate surface area is 167 Å². The van der Waals surface area contributed by atoms with Gasteiger partial charge in [0, 0.05) is 30.3 Å². The summed E-state index contributed by atoms with van der Waals surface area (Å²) in [6.07, 6.45) is 1.87. The Morgan fingerprint density at radius 3 is 2.56 bits per heavy atom. The largest absolute Gasteiger partial charge is 0.399 e. The van der Waals surface area contributed by atoms with E-state index in [4.69, 9.17) is 5.73 Å². The fourth-order valence-corrected chi connectivity index (χ4v) is 2.53. The minimum absolute atomic E-state index is 0. The first-order valence-electron chi connectivity index (χ1n) is 8.99. The molecule has 1 unspecified atom stereocenters. The molecule has 2 rings (SSSR count). The van der Waals surface area contributed by atoms with Crippen molar-refractivity contribution in [2.24, 2.45) is 0 Å². The standard InChI is InChI=1S/C21H27N3O2.ClH/c1-3-15(2)24-21(26)18-9-6-7-16(13-18)14-23-20(25)12-11-17-8-4-5-10-19(17)22;/h4-10,13,15H,3,11-12,14,22H2,1-2H3,(H,23,25)(H,24,26);1H. The van der Waals surface area contributed by atoms with Gasteiger partial charge in [-0.1, -0.05) is 37.3 Å². The average Bonchev–Trinajstić information content (AvgIpc) is 2.65. The van der Waals surface area contributed by atoms with Crippen molar-refractivity contribution in [3.63, 3.8) is 0 Å². The molecule has 0 aliphatic rings. The highest BCUT2D eigenvalue weighted by Crippen LogP contribution is 2.12. The van der Waals surface area contributed by atoms with Gasteiger partial charge in [-0.2, -0.15) is 0 Å².